The van der Waals surface area contributed by atoms with E-state index in [4.69, 9.17) is 56.8 Å². The third-order valence-corrected chi connectivity index (χ3v) is 14.5. The second-order valence-corrected chi connectivity index (χ2v) is 19.6. The van der Waals surface area contributed by atoms with Crippen LogP contribution < -0.4 is 5.32 Å². The van der Waals surface area contributed by atoms with Crippen molar-refractivity contribution in [2.45, 2.75) is 230 Å². The van der Waals surface area contributed by atoms with Crippen molar-refractivity contribution in [2.75, 3.05) is 46.1 Å². The van der Waals surface area contributed by atoms with Crippen LogP contribution in [0.4, 0.5) is 0 Å². The maximum atomic E-state index is 11.7. The number of unbranched alkanes of at least 4 members (excludes halogenated alkanes) is 5. The van der Waals surface area contributed by atoms with Crippen LogP contribution in [0.5, 0.6) is 0 Å². The van der Waals surface area contributed by atoms with Gasteiger partial charge in [0.2, 0.25) is 0 Å². The van der Waals surface area contributed by atoms with E-state index in [1.54, 1.807) is 0 Å². The second kappa shape index (κ2) is 27.3. The van der Waals surface area contributed by atoms with Gasteiger partial charge in [0.15, 0.2) is 37.7 Å². The van der Waals surface area contributed by atoms with Gasteiger partial charge in [-0.2, -0.15) is 0 Å². The van der Waals surface area contributed by atoms with E-state index < -0.39 is 217 Å². The zero-order valence-electron chi connectivity index (χ0n) is 40.5. The number of aliphatic hydroxyl groups excluding tert-OH is 17. The summed E-state index contributed by atoms with van der Waals surface area (Å²) in [4.78, 5) is 0. The molecular formula is C44H77NO29. The van der Waals surface area contributed by atoms with E-state index in [9.17, 15) is 86.8 Å². The van der Waals surface area contributed by atoms with E-state index >= 15 is 0 Å². The molecule has 22 fully saturated rings. The minimum atomic E-state index is -2.14. The van der Waals surface area contributed by atoms with Gasteiger partial charge in [-0.15, -0.1) is 0 Å². The molecule has 0 aliphatic carbocycles. The molecule has 0 aromatic carbocycles. The standard InChI is InChI=1S/C44H77NO29/c1-2-3-4-5-6-7-8-45-9-15-33-21(51)27(57)39(63-15)70-34-16(10-46)65-41(29(59)23(34)53)72-36-18(12-48)67-43(31(61)25(36)55)74-38-20(14-50)68-44(32(62)26(38)56)73-37-19(13-49)66-42(30(60)24(37)54)71-35-17(11-47)64-40(69-33)28(58)22(35)52/h15-62H,2-14H2,1H3/t15-,16-,17-,18-,19-,20-,21-,22-,23-,24-,25-,26-,27-,28-,29-,30-,31-,32-,33-,34-,35-,36-,37-,38-,39-,40-,41-,42-,43-,44-/m1/s1. The molecule has 22 aliphatic rings. The molecule has 0 spiro atoms. The zero-order chi connectivity index (χ0) is 53.7. The first-order valence-electron chi connectivity index (χ1n) is 25.2. The average Bonchev–Trinajstić information content (AvgIpc) is 3.39. The third-order valence-electron chi connectivity index (χ3n) is 14.5. The monoisotopic (exact) mass is 1080 g/mol. The largest absolute Gasteiger partial charge is 0.394 e. The van der Waals surface area contributed by atoms with Crippen LogP contribution in [0, 0.1) is 0 Å². The van der Waals surface area contributed by atoms with Crippen LogP contribution in [0.25, 0.3) is 0 Å². The van der Waals surface area contributed by atoms with Gasteiger partial charge in [-0.05, 0) is 13.0 Å². The van der Waals surface area contributed by atoms with Crippen LogP contribution in [-0.2, 0) is 56.8 Å². The molecule has 18 N–H and O–H groups in total. The summed E-state index contributed by atoms with van der Waals surface area (Å²) >= 11 is 0. The fourth-order valence-corrected chi connectivity index (χ4v) is 10.2. The van der Waals surface area contributed by atoms with Crippen LogP contribution in [0.2, 0.25) is 0 Å². The molecule has 30 atom stereocenters. The first kappa shape index (κ1) is 60.4. The Kier molecular flexibility index (Phi) is 22.3. The van der Waals surface area contributed by atoms with Gasteiger partial charge in [0.05, 0.1) is 33.0 Å². The molecule has 0 unspecified atom stereocenters. The van der Waals surface area contributed by atoms with Crippen LogP contribution in [0.1, 0.15) is 45.4 Å². The molecule has 0 radical (unpaired) electrons. The van der Waals surface area contributed by atoms with Crippen LogP contribution >= 0.6 is 0 Å². The molecule has 432 valence electrons. The second-order valence-electron chi connectivity index (χ2n) is 19.6. The zero-order valence-corrected chi connectivity index (χ0v) is 40.5. The number of rotatable bonds is 14. The molecule has 0 aromatic rings. The van der Waals surface area contributed by atoms with Gasteiger partial charge in [0, 0.05) is 6.54 Å². The summed E-state index contributed by atoms with van der Waals surface area (Å²) in [6.07, 6.45) is -51.2. The number of aliphatic hydroxyl groups is 17. The molecule has 22 saturated heterocycles. The van der Waals surface area contributed by atoms with Gasteiger partial charge < -0.3 is 149 Å². The Morgan fingerprint density at radius 1 is 0.270 bits per heavy atom. The Hall–Kier alpha value is -1.20. The summed E-state index contributed by atoms with van der Waals surface area (Å²) in [5, 5.41) is 192. The fourth-order valence-electron chi connectivity index (χ4n) is 10.2. The number of hydrogen-bond acceptors (Lipinski definition) is 30. The molecule has 22 rings (SSSR count). The summed E-state index contributed by atoms with van der Waals surface area (Å²) in [6.45, 7) is -2.47. The molecule has 12 bridgehead atoms. The first-order chi connectivity index (χ1) is 35.4. The Bertz CT molecular complexity index is 1660. The average molecular weight is 1080 g/mol. The molecule has 0 amide bonds. The fraction of sp³-hybridized carbons (Fsp3) is 1.00. The quantitative estimate of drug-likeness (QED) is 0.0718. The maximum Gasteiger partial charge on any atom is 0.187 e. The van der Waals surface area contributed by atoms with Gasteiger partial charge in [0.25, 0.3) is 0 Å². The van der Waals surface area contributed by atoms with Crippen molar-refractivity contribution in [1.82, 2.24) is 5.32 Å². The van der Waals surface area contributed by atoms with Gasteiger partial charge in [-0.1, -0.05) is 39.0 Å². The lowest BCUT2D eigenvalue weighted by Crippen LogP contribution is -2.69. The number of nitrogens with one attached hydrogen (secondary N) is 1. The van der Waals surface area contributed by atoms with Crippen LogP contribution in [0.3, 0.4) is 0 Å². The summed E-state index contributed by atoms with van der Waals surface area (Å²) in [5.41, 5.74) is 0. The first-order valence-corrected chi connectivity index (χ1v) is 25.2. The molecule has 22 heterocycles. The van der Waals surface area contributed by atoms with Crippen molar-refractivity contribution in [3.63, 3.8) is 0 Å². The van der Waals surface area contributed by atoms with Crippen LogP contribution in [0.15, 0.2) is 0 Å². The molecule has 74 heavy (non-hydrogen) atoms. The van der Waals surface area contributed by atoms with Crippen molar-refractivity contribution < 1.29 is 144 Å². The molecule has 0 aromatic heterocycles. The molecular weight excluding hydrogens is 1010 g/mol. The van der Waals surface area contributed by atoms with Gasteiger partial charge >= 0.3 is 0 Å². The highest BCUT2D eigenvalue weighted by Gasteiger charge is 2.58. The highest BCUT2D eigenvalue weighted by atomic mass is 16.8. The maximum absolute atomic E-state index is 11.7. The van der Waals surface area contributed by atoms with E-state index in [2.05, 4.69) is 12.2 Å². The van der Waals surface area contributed by atoms with E-state index in [1.165, 1.54) is 0 Å². The lowest BCUT2D eigenvalue weighted by molar-refractivity contribution is -0.403. The predicted molar refractivity (Wildman–Crippen MR) is 235 cm³/mol. The minimum Gasteiger partial charge on any atom is -0.394 e. The number of hydrogen-bond donors (Lipinski definition) is 18. The van der Waals surface area contributed by atoms with Crippen molar-refractivity contribution >= 4 is 0 Å². The molecule has 30 heteroatoms. The lowest BCUT2D eigenvalue weighted by atomic mass is 9.94. The van der Waals surface area contributed by atoms with Crippen molar-refractivity contribution in [2.24, 2.45) is 0 Å². The van der Waals surface area contributed by atoms with Gasteiger partial charge in [0.1, 0.15) is 146 Å². The lowest BCUT2D eigenvalue weighted by Gasteiger charge is -2.50. The van der Waals surface area contributed by atoms with E-state index in [-0.39, 0.29) is 6.54 Å². The van der Waals surface area contributed by atoms with Gasteiger partial charge in [-0.3, -0.25) is 0 Å². The summed E-state index contributed by atoms with van der Waals surface area (Å²) in [5.74, 6) is 0. The van der Waals surface area contributed by atoms with Gasteiger partial charge in [-0.25, -0.2) is 0 Å². The smallest absolute Gasteiger partial charge is 0.187 e. The normalized spacial score (nSPS) is 50.7. The SMILES string of the molecule is CCCCCCCCNC[C@H]1O[C@@H]2O[C@H]3[C@H](O)[C@@H](O)[C@@H](O[C@H]4[C@H](O)[C@@H](O)[C@@H](O[C@H]5[C@H](O)[C@@H](O)[C@@H](O[C@H]6[C@H](O)[C@@H](O)[C@@H](O[C@H]7[C@H](O)[C@@H](O)[C@@H](O[C@H]1[C@H](O)[C@H]2O)O[C@@H]7CO)O[C@@H]6CO)O[C@@H]5CO)O[C@@H]4CO)O[C@@H]3CO. The van der Waals surface area contributed by atoms with Crippen molar-refractivity contribution in [3.05, 3.63) is 0 Å². The predicted octanol–water partition coefficient (Wildman–Crippen LogP) is -10.1. The summed E-state index contributed by atoms with van der Waals surface area (Å²) < 4.78 is 69.8. The van der Waals surface area contributed by atoms with Crippen molar-refractivity contribution in [3.8, 4) is 0 Å². The number of ether oxygens (including phenoxy) is 12. The third kappa shape index (κ3) is 13.0. The van der Waals surface area contributed by atoms with E-state index in [1.807, 2.05) is 0 Å². The Balaban J connectivity index is 1.18. The molecule has 22 aliphatic heterocycles. The molecule has 30 nitrogen and oxygen atoms in total. The van der Waals surface area contributed by atoms with Crippen molar-refractivity contribution in [1.29, 1.82) is 0 Å². The topological polar surface area (TPSA) is 467 Å². The molecule has 0 saturated carbocycles. The Labute approximate surface area is 424 Å². The summed E-state index contributed by atoms with van der Waals surface area (Å²) in [6, 6.07) is 0. The summed E-state index contributed by atoms with van der Waals surface area (Å²) in [7, 11) is 0. The van der Waals surface area contributed by atoms with E-state index in [0.717, 1.165) is 38.5 Å². The highest BCUT2D eigenvalue weighted by Crippen LogP contribution is 2.38. The Morgan fingerprint density at radius 2 is 0.486 bits per heavy atom. The minimum absolute atomic E-state index is 0.129. The van der Waals surface area contributed by atoms with E-state index in [0.29, 0.717) is 6.54 Å². The Morgan fingerprint density at radius 3 is 0.730 bits per heavy atom. The van der Waals surface area contributed by atoms with Crippen LogP contribution in [-0.4, -0.2) is 317 Å². The highest BCUT2D eigenvalue weighted by molar-refractivity contribution is 5.01.